The van der Waals surface area contributed by atoms with Crippen molar-refractivity contribution in [3.8, 4) is 11.5 Å². The van der Waals surface area contributed by atoms with Crippen molar-refractivity contribution in [2.75, 3.05) is 19.0 Å². The highest BCUT2D eigenvalue weighted by Crippen LogP contribution is 2.36. The number of halogens is 2. The van der Waals surface area contributed by atoms with Crippen LogP contribution in [0.1, 0.15) is 11.1 Å². The minimum atomic E-state index is -0.525. The normalized spacial score (nSPS) is 14.3. The van der Waals surface area contributed by atoms with Crippen LogP contribution in [-0.4, -0.2) is 35.6 Å². The van der Waals surface area contributed by atoms with Crippen molar-refractivity contribution in [2.45, 2.75) is 6.61 Å². The number of hydrogen-bond acceptors (Lipinski definition) is 6. The summed E-state index contributed by atoms with van der Waals surface area (Å²) in [5.41, 5.74) is 2.16. The standard InChI is InChI=1S/C26H20I2N2O5S/c1-34-21-10-6-5-9-20(21)29-23(31)14-30-25(32)22(36-26(30)33)12-17-11-18(27)13-19(28)24(17)35-15-16-7-3-2-4-8-16/h2-13H,14-15H2,1H3,(H,29,31)/b22-12+. The second kappa shape index (κ2) is 12.1. The number of imide groups is 1. The van der Waals surface area contributed by atoms with Gasteiger partial charge in [0.2, 0.25) is 5.91 Å². The number of carbonyl (C=O) groups excluding carboxylic acids is 3. The van der Waals surface area contributed by atoms with Gasteiger partial charge in [0.1, 0.15) is 24.7 Å². The quantitative estimate of drug-likeness (QED) is 0.221. The maximum atomic E-state index is 13.1. The van der Waals surface area contributed by atoms with Gasteiger partial charge < -0.3 is 14.8 Å². The molecule has 0 radical (unpaired) electrons. The number of nitrogens with zero attached hydrogens (tertiary/aromatic N) is 1. The maximum absolute atomic E-state index is 13.1. The minimum absolute atomic E-state index is 0.229. The van der Waals surface area contributed by atoms with Gasteiger partial charge in [0.25, 0.3) is 11.1 Å². The smallest absolute Gasteiger partial charge is 0.294 e. The van der Waals surface area contributed by atoms with Crippen molar-refractivity contribution < 1.29 is 23.9 Å². The van der Waals surface area contributed by atoms with Crippen molar-refractivity contribution in [3.05, 3.63) is 89.9 Å². The number of para-hydroxylation sites is 2. The van der Waals surface area contributed by atoms with Gasteiger partial charge >= 0.3 is 0 Å². The number of benzene rings is 3. The Labute approximate surface area is 239 Å². The number of rotatable bonds is 8. The minimum Gasteiger partial charge on any atom is -0.495 e. The Bertz CT molecular complexity index is 1350. The Morgan fingerprint density at radius 3 is 2.53 bits per heavy atom. The van der Waals surface area contributed by atoms with Crippen LogP contribution in [0.25, 0.3) is 6.08 Å². The van der Waals surface area contributed by atoms with Gasteiger partial charge in [0.15, 0.2) is 0 Å². The van der Waals surface area contributed by atoms with Crippen LogP contribution in [0.2, 0.25) is 0 Å². The molecule has 0 aromatic heterocycles. The predicted octanol–water partition coefficient (Wildman–Crippen LogP) is 6.16. The molecule has 0 atom stereocenters. The summed E-state index contributed by atoms with van der Waals surface area (Å²) >= 11 is 5.19. The summed E-state index contributed by atoms with van der Waals surface area (Å²) in [4.78, 5) is 39.4. The largest absolute Gasteiger partial charge is 0.495 e. The molecule has 0 saturated carbocycles. The average Bonchev–Trinajstić information content (AvgIpc) is 3.11. The van der Waals surface area contributed by atoms with Gasteiger partial charge in [-0.2, -0.15) is 0 Å². The first kappa shape index (κ1) is 26.5. The van der Waals surface area contributed by atoms with E-state index in [1.54, 1.807) is 30.3 Å². The Hall–Kier alpha value is -2.58. The summed E-state index contributed by atoms with van der Waals surface area (Å²) in [5.74, 6) is 0.0820. The van der Waals surface area contributed by atoms with Gasteiger partial charge in [-0.15, -0.1) is 0 Å². The zero-order valence-corrected chi connectivity index (χ0v) is 24.1. The molecule has 1 aliphatic heterocycles. The molecule has 3 aromatic carbocycles. The summed E-state index contributed by atoms with van der Waals surface area (Å²) in [5, 5.41) is 2.18. The molecule has 7 nitrogen and oxygen atoms in total. The van der Waals surface area contributed by atoms with Crippen LogP contribution >= 0.6 is 56.9 Å². The zero-order valence-electron chi connectivity index (χ0n) is 19.0. The molecular weight excluding hydrogens is 706 g/mol. The molecule has 10 heteroatoms. The predicted molar refractivity (Wildman–Crippen MR) is 157 cm³/mol. The second-order valence-electron chi connectivity index (χ2n) is 7.60. The fourth-order valence-electron chi connectivity index (χ4n) is 3.43. The second-order valence-corrected chi connectivity index (χ2v) is 11.0. The van der Waals surface area contributed by atoms with Crippen LogP contribution in [0, 0.1) is 7.14 Å². The zero-order chi connectivity index (χ0) is 25.7. The summed E-state index contributed by atoms with van der Waals surface area (Å²) in [6, 6.07) is 20.6. The van der Waals surface area contributed by atoms with E-state index in [9.17, 15) is 14.4 Å². The van der Waals surface area contributed by atoms with E-state index < -0.39 is 23.6 Å². The van der Waals surface area contributed by atoms with Crippen LogP contribution in [0.3, 0.4) is 0 Å². The van der Waals surface area contributed by atoms with Gasteiger partial charge in [-0.05, 0) is 92.8 Å². The first-order chi connectivity index (χ1) is 17.4. The SMILES string of the molecule is COc1ccccc1NC(=O)CN1C(=O)S/C(=C/c2cc(I)cc(I)c2OCc2ccccc2)C1=O. The van der Waals surface area contributed by atoms with E-state index >= 15 is 0 Å². The molecule has 1 fully saturated rings. The fourth-order valence-corrected chi connectivity index (χ4v) is 6.30. The third-order valence-corrected chi connectivity index (χ3v) is 7.44. The Morgan fingerprint density at radius 2 is 1.78 bits per heavy atom. The summed E-state index contributed by atoms with van der Waals surface area (Å²) in [7, 11) is 1.50. The Kier molecular flexibility index (Phi) is 8.90. The highest BCUT2D eigenvalue weighted by atomic mass is 127. The number of carbonyl (C=O) groups is 3. The molecule has 0 spiro atoms. The fraction of sp³-hybridized carbons (Fsp3) is 0.115. The third-order valence-electron chi connectivity index (χ3n) is 5.11. The molecule has 1 N–H and O–H groups in total. The lowest BCUT2D eigenvalue weighted by atomic mass is 10.1. The lowest BCUT2D eigenvalue weighted by Gasteiger charge is -2.14. The molecule has 1 aliphatic rings. The highest BCUT2D eigenvalue weighted by molar-refractivity contribution is 14.1. The molecular formula is C26H20I2N2O5S. The monoisotopic (exact) mass is 726 g/mol. The number of nitrogens with one attached hydrogen (secondary N) is 1. The number of methoxy groups -OCH3 is 1. The maximum Gasteiger partial charge on any atom is 0.294 e. The van der Waals surface area contributed by atoms with Crippen LogP contribution in [-0.2, 0) is 16.2 Å². The summed E-state index contributed by atoms with van der Waals surface area (Å²) in [6.07, 6.45) is 1.65. The average molecular weight is 726 g/mol. The van der Waals surface area contributed by atoms with E-state index in [1.807, 2.05) is 42.5 Å². The van der Waals surface area contributed by atoms with Crippen molar-refractivity contribution in [1.29, 1.82) is 0 Å². The van der Waals surface area contributed by atoms with E-state index in [4.69, 9.17) is 9.47 Å². The molecule has 3 amide bonds. The highest BCUT2D eigenvalue weighted by Gasteiger charge is 2.36. The van der Waals surface area contributed by atoms with Gasteiger partial charge in [0, 0.05) is 9.13 Å². The molecule has 3 aromatic rings. The summed E-state index contributed by atoms with van der Waals surface area (Å²) < 4.78 is 13.2. The van der Waals surface area contributed by atoms with Gasteiger partial charge in [0.05, 0.1) is 21.3 Å². The van der Waals surface area contributed by atoms with Gasteiger partial charge in [-0.25, -0.2) is 0 Å². The first-order valence-electron chi connectivity index (χ1n) is 10.7. The Morgan fingerprint density at radius 1 is 1.06 bits per heavy atom. The number of thioether (sulfide) groups is 1. The van der Waals surface area contributed by atoms with Gasteiger partial charge in [-0.3, -0.25) is 19.3 Å². The van der Waals surface area contributed by atoms with E-state index in [0.29, 0.717) is 29.4 Å². The lowest BCUT2D eigenvalue weighted by molar-refractivity contribution is -0.127. The van der Waals surface area contributed by atoms with Crippen molar-refractivity contribution in [1.82, 2.24) is 4.90 Å². The number of hydrogen-bond donors (Lipinski definition) is 1. The lowest BCUT2D eigenvalue weighted by Crippen LogP contribution is -2.36. The van der Waals surface area contributed by atoms with Crippen LogP contribution in [0.15, 0.2) is 71.6 Å². The molecule has 184 valence electrons. The summed E-state index contributed by atoms with van der Waals surface area (Å²) in [6.45, 7) is -0.0375. The number of anilines is 1. The first-order valence-corrected chi connectivity index (χ1v) is 13.7. The van der Waals surface area contributed by atoms with Gasteiger partial charge in [-0.1, -0.05) is 42.5 Å². The number of ether oxygens (including phenoxy) is 2. The topological polar surface area (TPSA) is 84.9 Å². The molecule has 4 rings (SSSR count). The van der Waals surface area contributed by atoms with Crippen molar-refractivity contribution >= 4 is 85.8 Å². The number of amides is 3. The Balaban J connectivity index is 1.52. The molecule has 0 unspecified atom stereocenters. The van der Waals surface area contributed by atoms with Crippen LogP contribution < -0.4 is 14.8 Å². The third kappa shape index (κ3) is 6.40. The van der Waals surface area contributed by atoms with Crippen molar-refractivity contribution in [2.24, 2.45) is 0 Å². The van der Waals surface area contributed by atoms with E-state index in [0.717, 1.165) is 29.4 Å². The molecule has 1 heterocycles. The molecule has 36 heavy (non-hydrogen) atoms. The van der Waals surface area contributed by atoms with Crippen molar-refractivity contribution in [3.63, 3.8) is 0 Å². The van der Waals surface area contributed by atoms with Crippen LogP contribution in [0.5, 0.6) is 11.5 Å². The molecule has 1 saturated heterocycles. The van der Waals surface area contributed by atoms with E-state index in [-0.39, 0.29) is 4.91 Å². The van der Waals surface area contributed by atoms with E-state index in [2.05, 4.69) is 50.5 Å². The molecule has 0 aliphatic carbocycles. The van der Waals surface area contributed by atoms with Crippen LogP contribution in [0.4, 0.5) is 10.5 Å². The van der Waals surface area contributed by atoms with E-state index in [1.165, 1.54) is 7.11 Å². The molecule has 0 bridgehead atoms.